The van der Waals surface area contributed by atoms with Crippen LogP contribution in [0.4, 0.5) is 4.79 Å². The molecule has 21 heteroatoms. The van der Waals surface area contributed by atoms with E-state index in [0.717, 1.165) is 76.5 Å². The van der Waals surface area contributed by atoms with Gasteiger partial charge < -0.3 is 63.8 Å². The Hall–Kier alpha value is -3.44. The molecule has 0 saturated heterocycles. The van der Waals surface area contributed by atoms with E-state index in [-0.39, 0.29) is 40.7 Å². The highest BCUT2D eigenvalue weighted by Gasteiger charge is 2.28. The molecule has 66 heavy (non-hydrogen) atoms. The first kappa shape index (κ1) is 62.6. The van der Waals surface area contributed by atoms with Crippen molar-refractivity contribution >= 4 is 52.5 Å². The molecule has 6 atom stereocenters. The fourth-order valence-corrected chi connectivity index (χ4v) is 7.67. The van der Waals surface area contributed by atoms with Gasteiger partial charge in [-0.05, 0) is 172 Å². The molecule has 13 N–H and O–H groups in total. The lowest BCUT2D eigenvalue weighted by Gasteiger charge is -2.25. The van der Waals surface area contributed by atoms with Gasteiger partial charge >= 0.3 is 0 Å². The maximum Gasteiger partial charge on any atom is 0.294 e. The van der Waals surface area contributed by atoms with Crippen LogP contribution in [0.2, 0.25) is 0 Å². The molecule has 0 aromatic heterocycles. The Morgan fingerprint density at radius 2 is 0.636 bits per heavy atom. The van der Waals surface area contributed by atoms with Crippen molar-refractivity contribution in [1.82, 2.24) is 68.5 Å². The van der Waals surface area contributed by atoms with Crippen molar-refractivity contribution in [3.05, 3.63) is 0 Å². The van der Waals surface area contributed by atoms with Crippen LogP contribution in [-0.4, -0.2) is 165 Å². The van der Waals surface area contributed by atoms with E-state index in [0.29, 0.717) is 90.3 Å². The van der Waals surface area contributed by atoms with E-state index < -0.39 is 36.1 Å². The van der Waals surface area contributed by atoms with Gasteiger partial charge in [-0.15, -0.1) is 0 Å². The van der Waals surface area contributed by atoms with Gasteiger partial charge in [-0.3, -0.25) is 38.3 Å². The molecule has 6 unspecified atom stereocenters. The second kappa shape index (κ2) is 41.7. The molecule has 0 radical (unpaired) electrons. The van der Waals surface area contributed by atoms with Gasteiger partial charge in [0.25, 0.3) is 5.24 Å². The minimum Gasteiger partial charge on any atom is -0.355 e. The maximum absolute atomic E-state index is 13.8. The van der Waals surface area contributed by atoms with E-state index in [1.165, 1.54) is 6.92 Å². The molecule has 0 heterocycles. The first-order valence-corrected chi connectivity index (χ1v) is 25.2. The Kier molecular flexibility index (Phi) is 39.5. The zero-order chi connectivity index (χ0) is 49.4. The number of unbranched alkanes of at least 4 members (excludes halogenated alkanes) is 6. The van der Waals surface area contributed by atoms with Crippen molar-refractivity contribution in [1.29, 1.82) is 0 Å². The van der Waals surface area contributed by atoms with Gasteiger partial charge in [0.1, 0.15) is 12.1 Å². The highest BCUT2D eigenvalue weighted by atomic mass is 32.2. The Bertz CT molecular complexity index is 1350. The number of Topliss-reactive ketones (excluding diaryl/α,β-unsaturated/α-hetero) is 1. The van der Waals surface area contributed by atoms with Gasteiger partial charge in [0, 0.05) is 31.6 Å². The minimum absolute atomic E-state index is 0.0712. The van der Waals surface area contributed by atoms with Crippen molar-refractivity contribution < 1.29 is 33.6 Å². The second-order valence-electron chi connectivity index (χ2n) is 16.7. The molecule has 0 aromatic rings. The quantitative estimate of drug-likeness (QED) is 0.0289. The summed E-state index contributed by atoms with van der Waals surface area (Å²) in [4.78, 5) is 91.4. The Labute approximate surface area is 400 Å². The molecule has 6 amide bonds. The van der Waals surface area contributed by atoms with Crippen LogP contribution in [0.3, 0.4) is 0 Å². The summed E-state index contributed by atoms with van der Waals surface area (Å²) in [6, 6.07) is -3.72. The second-order valence-corrected chi connectivity index (χ2v) is 17.7. The fraction of sp³-hybridized carbons (Fsp3) is 0.844. The highest BCUT2D eigenvalue weighted by Crippen LogP contribution is 2.10. The number of amides is 6. The van der Waals surface area contributed by atoms with Crippen molar-refractivity contribution in [2.75, 3.05) is 88.6 Å². The standard InChI is InChI=1S/C45H91N13O7S/c1-33(59)34(21-12-18-31-54-41(61)38(25-14-20-32-55-45(65)66-52-8)57-42(62)36(50-6)23-10-16-28-47-3)56-44(64)39(58-43(63)37(51-7)24-11-17-29-48-4)26-13-19-30-53-40(60)35(49-5)22-9-15-27-46-2/h34-39,46-52H,9-32H2,1-8H3,(H,53,60)(H,54,61)(H,55,65)(H,56,64)(H,57,62)(H,58,63). The van der Waals surface area contributed by atoms with E-state index in [1.807, 2.05) is 21.1 Å². The summed E-state index contributed by atoms with van der Waals surface area (Å²) in [6.45, 7) is 5.14. The predicted octanol–water partition coefficient (Wildman–Crippen LogP) is 0.283. The molecule has 20 nitrogen and oxygen atoms in total. The zero-order valence-electron chi connectivity index (χ0n) is 41.7. The lowest BCUT2D eigenvalue weighted by Crippen LogP contribution is -2.54. The molecular formula is C45H91N13O7S. The summed E-state index contributed by atoms with van der Waals surface area (Å²) in [5.74, 6) is -1.62. The summed E-state index contributed by atoms with van der Waals surface area (Å²) >= 11 is 0.956. The van der Waals surface area contributed by atoms with Crippen LogP contribution in [0, 0.1) is 0 Å². The van der Waals surface area contributed by atoms with E-state index in [4.69, 9.17) is 0 Å². The molecular weight excluding hydrogens is 867 g/mol. The number of hydrogen-bond donors (Lipinski definition) is 13. The van der Waals surface area contributed by atoms with Gasteiger partial charge in [0.2, 0.25) is 29.5 Å². The number of nitrogens with one attached hydrogen (secondary N) is 13. The predicted molar refractivity (Wildman–Crippen MR) is 266 cm³/mol. The van der Waals surface area contributed by atoms with Crippen LogP contribution in [0.5, 0.6) is 0 Å². The summed E-state index contributed by atoms with van der Waals surface area (Å²) < 4.78 is 2.72. The normalized spacial score (nSPS) is 13.9. The molecule has 0 aliphatic heterocycles. The third kappa shape index (κ3) is 30.8. The third-order valence-electron chi connectivity index (χ3n) is 11.4. The zero-order valence-corrected chi connectivity index (χ0v) is 42.5. The number of hydrogen-bond acceptors (Lipinski definition) is 15. The average Bonchev–Trinajstić information content (AvgIpc) is 3.29. The summed E-state index contributed by atoms with van der Waals surface area (Å²) in [5.41, 5.74) is 0. The van der Waals surface area contributed by atoms with Crippen LogP contribution in [-0.2, 0) is 28.8 Å². The van der Waals surface area contributed by atoms with Crippen molar-refractivity contribution in [2.24, 2.45) is 0 Å². The highest BCUT2D eigenvalue weighted by molar-refractivity contribution is 8.11. The lowest BCUT2D eigenvalue weighted by molar-refractivity contribution is -0.132. The van der Waals surface area contributed by atoms with Crippen LogP contribution in [0.25, 0.3) is 0 Å². The molecule has 0 bridgehead atoms. The number of rotatable bonds is 43. The van der Waals surface area contributed by atoms with Gasteiger partial charge in [-0.2, -0.15) is 0 Å². The number of carbonyl (C=O) groups excluding carboxylic acids is 7. The summed E-state index contributed by atoms with van der Waals surface area (Å²) in [6.07, 6.45) is 11.7. The van der Waals surface area contributed by atoms with Gasteiger partial charge in [-0.25, -0.2) is 0 Å². The van der Waals surface area contributed by atoms with E-state index in [2.05, 4.69) is 68.5 Å². The maximum atomic E-state index is 13.8. The van der Waals surface area contributed by atoms with Crippen LogP contribution < -0.4 is 68.5 Å². The van der Waals surface area contributed by atoms with Crippen LogP contribution in [0.15, 0.2) is 0 Å². The minimum atomic E-state index is -0.897. The largest absolute Gasteiger partial charge is 0.355 e. The molecule has 0 spiro atoms. The SMILES string of the molecule is CNCCCCC(NC)C(=O)NCCCCC(NC(=O)C(CCCCNC)NC)C(=O)NC(CCCCNC(=O)C(CCCCNC(=O)SNC)NC(=O)C(CCCCNC)NC)C(C)=O. The van der Waals surface area contributed by atoms with Crippen LogP contribution >= 0.6 is 11.9 Å². The number of carbonyl (C=O) groups is 7. The first-order valence-electron chi connectivity index (χ1n) is 24.4. The van der Waals surface area contributed by atoms with E-state index >= 15 is 0 Å². The number of likely N-dealkylation sites (N-methyl/N-ethyl adjacent to an activating group) is 3. The monoisotopic (exact) mass is 958 g/mol. The molecule has 0 rings (SSSR count). The van der Waals surface area contributed by atoms with E-state index in [9.17, 15) is 33.6 Å². The van der Waals surface area contributed by atoms with Crippen molar-refractivity contribution in [3.8, 4) is 0 Å². The van der Waals surface area contributed by atoms with Crippen LogP contribution in [0.1, 0.15) is 122 Å². The lowest BCUT2D eigenvalue weighted by atomic mass is 10.0. The van der Waals surface area contributed by atoms with Crippen molar-refractivity contribution in [2.45, 2.75) is 159 Å². The van der Waals surface area contributed by atoms with Gasteiger partial charge in [0.15, 0.2) is 5.78 Å². The first-order chi connectivity index (χ1) is 31.8. The van der Waals surface area contributed by atoms with Crippen molar-refractivity contribution in [3.63, 3.8) is 0 Å². The molecule has 0 aliphatic rings. The Balaban J connectivity index is 5.57. The fourth-order valence-electron chi connectivity index (χ4n) is 7.31. The topological polar surface area (TPSA) is 276 Å². The molecule has 384 valence electrons. The molecule has 0 aromatic carbocycles. The number of ketones is 1. The third-order valence-corrected chi connectivity index (χ3v) is 11.9. The van der Waals surface area contributed by atoms with E-state index in [1.54, 1.807) is 28.2 Å². The average molecular weight is 958 g/mol. The molecule has 0 aliphatic carbocycles. The summed E-state index contributed by atoms with van der Waals surface area (Å²) in [5, 5.41) is 35.8. The molecule has 0 fully saturated rings. The summed E-state index contributed by atoms with van der Waals surface area (Å²) in [7, 11) is 12.5. The van der Waals surface area contributed by atoms with Gasteiger partial charge in [0.05, 0.1) is 24.2 Å². The Morgan fingerprint density at radius 1 is 0.348 bits per heavy atom. The Morgan fingerprint density at radius 3 is 1.00 bits per heavy atom. The smallest absolute Gasteiger partial charge is 0.294 e. The molecule has 0 saturated carbocycles. The van der Waals surface area contributed by atoms with Gasteiger partial charge in [-0.1, -0.05) is 19.3 Å².